The van der Waals surface area contributed by atoms with E-state index in [0.29, 0.717) is 6.04 Å². The van der Waals surface area contributed by atoms with E-state index in [2.05, 4.69) is 27.9 Å². The van der Waals surface area contributed by atoms with Crippen LogP contribution in [0.3, 0.4) is 0 Å². The molecular weight excluding hydrogens is 262 g/mol. The highest BCUT2D eigenvalue weighted by Crippen LogP contribution is 2.25. The number of aromatic nitrogens is 2. The van der Waals surface area contributed by atoms with Crippen molar-refractivity contribution in [3.8, 4) is 11.3 Å². The van der Waals surface area contributed by atoms with Gasteiger partial charge in [0.05, 0.1) is 11.9 Å². The lowest BCUT2D eigenvalue weighted by Crippen LogP contribution is -2.26. The van der Waals surface area contributed by atoms with Crippen molar-refractivity contribution in [1.29, 1.82) is 0 Å². The van der Waals surface area contributed by atoms with Gasteiger partial charge in [0.25, 0.3) is 5.91 Å². The van der Waals surface area contributed by atoms with Crippen LogP contribution < -0.4 is 5.32 Å². The molecule has 1 aromatic carbocycles. The van der Waals surface area contributed by atoms with Crippen molar-refractivity contribution in [3.63, 3.8) is 0 Å². The smallest absolute Gasteiger partial charge is 0.251 e. The Labute approximate surface area is 125 Å². The standard InChI is InChI=1S/C17H21N3O/c1-4-20-12(3)18-10-16(20)13-5-8-15(11(2)9-13)17(21)19-14-6-7-14/h5,8-10,14H,4,6-7H2,1-3H3,(H,19,21). The van der Waals surface area contributed by atoms with E-state index in [1.54, 1.807) is 0 Å². The van der Waals surface area contributed by atoms with E-state index >= 15 is 0 Å². The van der Waals surface area contributed by atoms with Gasteiger partial charge in [0.15, 0.2) is 0 Å². The molecule has 1 heterocycles. The molecule has 0 bridgehead atoms. The third-order valence-corrected chi connectivity index (χ3v) is 4.05. The van der Waals surface area contributed by atoms with Gasteiger partial charge < -0.3 is 9.88 Å². The molecule has 1 aliphatic carbocycles. The fourth-order valence-electron chi connectivity index (χ4n) is 2.67. The Balaban J connectivity index is 1.91. The van der Waals surface area contributed by atoms with Crippen LogP contribution in [0.25, 0.3) is 11.3 Å². The minimum absolute atomic E-state index is 0.0433. The summed E-state index contributed by atoms with van der Waals surface area (Å²) in [4.78, 5) is 16.5. The summed E-state index contributed by atoms with van der Waals surface area (Å²) in [5.41, 5.74) is 3.99. The van der Waals surface area contributed by atoms with Crippen LogP contribution in [-0.2, 0) is 6.54 Å². The van der Waals surface area contributed by atoms with Crippen molar-refractivity contribution in [1.82, 2.24) is 14.9 Å². The fourth-order valence-corrected chi connectivity index (χ4v) is 2.67. The quantitative estimate of drug-likeness (QED) is 0.937. The van der Waals surface area contributed by atoms with E-state index in [0.717, 1.165) is 47.6 Å². The van der Waals surface area contributed by atoms with E-state index in [-0.39, 0.29) is 5.91 Å². The molecule has 1 N–H and O–H groups in total. The zero-order chi connectivity index (χ0) is 15.0. The molecule has 3 rings (SSSR count). The summed E-state index contributed by atoms with van der Waals surface area (Å²) in [5.74, 6) is 1.06. The van der Waals surface area contributed by atoms with Gasteiger partial charge in [0.2, 0.25) is 0 Å². The first kappa shape index (κ1) is 13.9. The van der Waals surface area contributed by atoms with Gasteiger partial charge in [-0.05, 0) is 51.3 Å². The molecule has 1 saturated carbocycles. The van der Waals surface area contributed by atoms with Gasteiger partial charge in [-0.25, -0.2) is 4.98 Å². The van der Waals surface area contributed by atoms with Gasteiger partial charge in [0, 0.05) is 23.7 Å². The van der Waals surface area contributed by atoms with E-state index in [9.17, 15) is 4.79 Å². The van der Waals surface area contributed by atoms with E-state index in [1.807, 2.05) is 32.2 Å². The van der Waals surface area contributed by atoms with Crippen molar-refractivity contribution in [2.45, 2.75) is 46.2 Å². The lowest BCUT2D eigenvalue weighted by molar-refractivity contribution is 0.0950. The third kappa shape index (κ3) is 2.71. The Bertz CT molecular complexity index is 683. The van der Waals surface area contributed by atoms with Crippen LogP contribution in [0.15, 0.2) is 24.4 Å². The Morgan fingerprint density at radius 1 is 1.38 bits per heavy atom. The van der Waals surface area contributed by atoms with Crippen LogP contribution in [0.4, 0.5) is 0 Å². The minimum atomic E-state index is 0.0433. The van der Waals surface area contributed by atoms with Gasteiger partial charge in [0.1, 0.15) is 5.82 Å². The van der Waals surface area contributed by atoms with Gasteiger partial charge in [-0.2, -0.15) is 0 Å². The summed E-state index contributed by atoms with van der Waals surface area (Å²) >= 11 is 0. The van der Waals surface area contributed by atoms with Crippen molar-refractivity contribution >= 4 is 5.91 Å². The van der Waals surface area contributed by atoms with Gasteiger partial charge in [-0.3, -0.25) is 4.79 Å². The number of aryl methyl sites for hydroxylation is 2. The first-order chi connectivity index (χ1) is 10.1. The number of nitrogens with zero attached hydrogens (tertiary/aromatic N) is 2. The highest BCUT2D eigenvalue weighted by atomic mass is 16.1. The molecule has 0 unspecified atom stereocenters. The molecule has 0 radical (unpaired) electrons. The largest absolute Gasteiger partial charge is 0.349 e. The molecule has 0 saturated heterocycles. The second-order valence-electron chi connectivity index (χ2n) is 5.71. The van der Waals surface area contributed by atoms with Gasteiger partial charge >= 0.3 is 0 Å². The Kier molecular flexibility index (Phi) is 3.53. The predicted octanol–water partition coefficient (Wildman–Crippen LogP) is 3.08. The molecule has 1 fully saturated rings. The molecule has 1 aliphatic rings. The molecule has 0 spiro atoms. The van der Waals surface area contributed by atoms with Gasteiger partial charge in [-0.1, -0.05) is 6.07 Å². The Morgan fingerprint density at radius 2 is 2.14 bits per heavy atom. The van der Waals surface area contributed by atoms with Crippen molar-refractivity contribution in [2.75, 3.05) is 0 Å². The SMILES string of the molecule is CCn1c(-c2ccc(C(=O)NC3CC3)c(C)c2)cnc1C. The number of carbonyl (C=O) groups excluding carboxylic acids is 1. The molecule has 2 aromatic rings. The highest BCUT2D eigenvalue weighted by Gasteiger charge is 2.24. The molecule has 0 aliphatic heterocycles. The third-order valence-electron chi connectivity index (χ3n) is 4.05. The van der Waals surface area contributed by atoms with Crippen molar-refractivity contribution in [2.24, 2.45) is 0 Å². The van der Waals surface area contributed by atoms with Crippen LogP contribution in [0.2, 0.25) is 0 Å². The van der Waals surface area contributed by atoms with E-state index in [4.69, 9.17) is 0 Å². The number of nitrogens with one attached hydrogen (secondary N) is 1. The number of hydrogen-bond donors (Lipinski definition) is 1. The van der Waals surface area contributed by atoms with Crippen LogP contribution in [0, 0.1) is 13.8 Å². The monoisotopic (exact) mass is 283 g/mol. The molecule has 1 amide bonds. The summed E-state index contributed by atoms with van der Waals surface area (Å²) in [6, 6.07) is 6.40. The second-order valence-corrected chi connectivity index (χ2v) is 5.71. The molecule has 21 heavy (non-hydrogen) atoms. The van der Waals surface area contributed by atoms with Crippen LogP contribution >= 0.6 is 0 Å². The lowest BCUT2D eigenvalue weighted by Gasteiger charge is -2.11. The predicted molar refractivity (Wildman–Crippen MR) is 83.3 cm³/mol. The Morgan fingerprint density at radius 3 is 2.76 bits per heavy atom. The van der Waals surface area contributed by atoms with Crippen LogP contribution in [0.1, 0.15) is 41.5 Å². The molecular formula is C17H21N3O. The summed E-state index contributed by atoms with van der Waals surface area (Å²) in [5, 5.41) is 3.04. The summed E-state index contributed by atoms with van der Waals surface area (Å²) < 4.78 is 2.18. The average molecular weight is 283 g/mol. The Hall–Kier alpha value is -2.10. The molecule has 1 aromatic heterocycles. The highest BCUT2D eigenvalue weighted by molar-refractivity contribution is 5.96. The van der Waals surface area contributed by atoms with E-state index < -0.39 is 0 Å². The fraction of sp³-hybridized carbons (Fsp3) is 0.412. The lowest BCUT2D eigenvalue weighted by atomic mass is 10.0. The zero-order valence-corrected chi connectivity index (χ0v) is 12.8. The van der Waals surface area contributed by atoms with Crippen molar-refractivity contribution < 1.29 is 4.79 Å². The van der Waals surface area contributed by atoms with Crippen LogP contribution in [0.5, 0.6) is 0 Å². The minimum Gasteiger partial charge on any atom is -0.349 e. The molecule has 0 atom stereocenters. The maximum atomic E-state index is 12.2. The second kappa shape index (κ2) is 5.35. The normalized spacial score (nSPS) is 14.2. The number of amides is 1. The topological polar surface area (TPSA) is 46.9 Å². The molecule has 4 heteroatoms. The van der Waals surface area contributed by atoms with E-state index in [1.165, 1.54) is 0 Å². The average Bonchev–Trinajstić information content (AvgIpc) is 3.19. The first-order valence-electron chi connectivity index (χ1n) is 7.54. The number of imidazole rings is 1. The van der Waals surface area contributed by atoms with Gasteiger partial charge in [-0.15, -0.1) is 0 Å². The van der Waals surface area contributed by atoms with Crippen LogP contribution in [-0.4, -0.2) is 21.5 Å². The number of benzene rings is 1. The van der Waals surface area contributed by atoms with Crippen molar-refractivity contribution in [3.05, 3.63) is 41.3 Å². The number of rotatable bonds is 4. The summed E-state index contributed by atoms with van der Waals surface area (Å²) in [6.07, 6.45) is 4.12. The maximum Gasteiger partial charge on any atom is 0.251 e. The zero-order valence-electron chi connectivity index (χ0n) is 12.8. The summed E-state index contributed by atoms with van der Waals surface area (Å²) in [6.45, 7) is 7.01. The molecule has 4 nitrogen and oxygen atoms in total. The number of hydrogen-bond acceptors (Lipinski definition) is 2. The number of carbonyl (C=O) groups is 1. The first-order valence-corrected chi connectivity index (χ1v) is 7.54. The maximum absolute atomic E-state index is 12.2. The molecule has 110 valence electrons. The summed E-state index contributed by atoms with van der Waals surface area (Å²) in [7, 11) is 0.